The Morgan fingerprint density at radius 3 is 2.36 bits per heavy atom. The normalized spacial score (nSPS) is 20.3. The zero-order valence-electron chi connectivity index (χ0n) is 23.8. The van der Waals surface area contributed by atoms with Crippen molar-refractivity contribution in [3.8, 4) is 0 Å². The molecule has 2 aliphatic rings. The van der Waals surface area contributed by atoms with Crippen molar-refractivity contribution in [2.75, 3.05) is 24.3 Å². The van der Waals surface area contributed by atoms with Crippen LogP contribution in [-0.2, 0) is 4.79 Å². The van der Waals surface area contributed by atoms with Crippen LogP contribution in [0.2, 0.25) is 5.02 Å². The lowest BCUT2D eigenvalue weighted by molar-refractivity contribution is -0.121. The minimum Gasteiger partial charge on any atom is -0.368 e. The van der Waals surface area contributed by atoms with E-state index in [1.165, 1.54) is 5.56 Å². The van der Waals surface area contributed by atoms with Gasteiger partial charge in [-0.3, -0.25) is 4.79 Å². The highest BCUT2D eigenvalue weighted by atomic mass is 35.5. The summed E-state index contributed by atoms with van der Waals surface area (Å²) in [4.78, 5) is 25.9. The first-order chi connectivity index (χ1) is 20.4. The molecular weight excluding hydrogens is 564 g/mol. The zero-order valence-corrected chi connectivity index (χ0v) is 25.4. The van der Waals surface area contributed by atoms with E-state index in [0.717, 1.165) is 58.6 Å². The third kappa shape index (κ3) is 6.50. The number of carbonyl (C=O) groups excluding carboxylic acids is 1. The number of thioether (sulfide) groups is 1. The van der Waals surface area contributed by atoms with Crippen molar-refractivity contribution in [3.05, 3.63) is 99.9 Å². The molecule has 1 fully saturated rings. The third-order valence-electron chi connectivity index (χ3n) is 7.80. The highest BCUT2D eigenvalue weighted by molar-refractivity contribution is 8.03. The summed E-state index contributed by atoms with van der Waals surface area (Å²) in [7, 11) is 4.01. The predicted octanol–water partition coefficient (Wildman–Crippen LogP) is 6.98. The van der Waals surface area contributed by atoms with Crippen LogP contribution in [0.25, 0.3) is 16.6 Å². The number of rotatable bonds is 8. The predicted molar refractivity (Wildman–Crippen MR) is 175 cm³/mol. The molecule has 1 aliphatic heterocycles. The molecule has 7 nitrogen and oxygen atoms in total. The largest absolute Gasteiger partial charge is 0.368 e. The van der Waals surface area contributed by atoms with Crippen LogP contribution in [0, 0.1) is 0 Å². The Kier molecular flexibility index (Phi) is 8.53. The first kappa shape index (κ1) is 28.4. The minimum absolute atomic E-state index is 0.0596. The van der Waals surface area contributed by atoms with Gasteiger partial charge in [-0.25, -0.2) is 4.98 Å². The van der Waals surface area contributed by atoms with Crippen LogP contribution in [-0.4, -0.2) is 42.1 Å². The van der Waals surface area contributed by atoms with Gasteiger partial charge in [-0.15, -0.1) is 0 Å². The maximum atomic E-state index is 13.3. The molecule has 2 heterocycles. The van der Waals surface area contributed by atoms with E-state index in [4.69, 9.17) is 21.6 Å². The number of hydrogen-bond acceptors (Lipinski definition) is 7. The number of hydrogen-bond donors (Lipinski definition) is 3. The number of fused-ring (bicyclic) bond motifs is 1. The molecule has 1 aliphatic carbocycles. The molecule has 6 rings (SSSR count). The molecule has 0 spiro atoms. The van der Waals surface area contributed by atoms with Crippen LogP contribution in [0.3, 0.4) is 0 Å². The average Bonchev–Trinajstić information content (AvgIpc) is 3.42. The fourth-order valence-corrected chi connectivity index (χ4v) is 7.06. The van der Waals surface area contributed by atoms with E-state index in [9.17, 15) is 4.79 Å². The van der Waals surface area contributed by atoms with E-state index in [1.807, 2.05) is 79.7 Å². The number of benzene rings is 3. The summed E-state index contributed by atoms with van der Waals surface area (Å²) in [5.74, 6) is 1.62. The molecule has 0 saturated heterocycles. The second-order valence-electron chi connectivity index (χ2n) is 11.1. The third-order valence-corrected chi connectivity index (χ3v) is 9.31. The van der Waals surface area contributed by atoms with Crippen molar-refractivity contribution in [2.45, 2.75) is 49.6 Å². The first-order valence-corrected chi connectivity index (χ1v) is 15.7. The van der Waals surface area contributed by atoms with Gasteiger partial charge in [0, 0.05) is 41.5 Å². The maximum absolute atomic E-state index is 13.3. The lowest BCUT2D eigenvalue weighted by Crippen LogP contribution is -2.40. The Balaban J connectivity index is 1.07. The summed E-state index contributed by atoms with van der Waals surface area (Å²) >= 11 is 7.87. The second-order valence-corrected chi connectivity index (χ2v) is 12.7. The van der Waals surface area contributed by atoms with Gasteiger partial charge in [0.15, 0.2) is 0 Å². The lowest BCUT2D eigenvalue weighted by atomic mass is 9.91. The molecule has 9 heteroatoms. The van der Waals surface area contributed by atoms with Crippen molar-refractivity contribution in [1.82, 2.24) is 20.6 Å². The molecule has 0 bridgehead atoms. The Bertz CT molecular complexity index is 1590. The maximum Gasteiger partial charge on any atom is 0.225 e. The van der Waals surface area contributed by atoms with E-state index in [1.54, 1.807) is 11.8 Å². The molecule has 42 heavy (non-hydrogen) atoms. The Labute approximate surface area is 256 Å². The first-order valence-electron chi connectivity index (χ1n) is 14.4. The molecule has 1 atom stereocenters. The summed E-state index contributed by atoms with van der Waals surface area (Å²) in [5, 5.41) is 12.3. The molecule has 3 N–H and O–H groups in total. The fourth-order valence-electron chi connectivity index (χ4n) is 5.67. The van der Waals surface area contributed by atoms with Crippen molar-refractivity contribution in [1.29, 1.82) is 0 Å². The molecule has 1 amide bonds. The zero-order chi connectivity index (χ0) is 29.1. The second kappa shape index (κ2) is 12.6. The number of aromatic nitrogens is 2. The van der Waals surface area contributed by atoms with Gasteiger partial charge < -0.3 is 20.9 Å². The van der Waals surface area contributed by atoms with Crippen molar-refractivity contribution < 1.29 is 4.79 Å². The van der Waals surface area contributed by atoms with Crippen LogP contribution in [0.1, 0.15) is 48.6 Å². The summed E-state index contributed by atoms with van der Waals surface area (Å²) in [6, 6.07) is 26.7. The molecule has 4 aromatic rings. The number of nitrogens with one attached hydrogen (secondary N) is 3. The van der Waals surface area contributed by atoms with Gasteiger partial charge in [0.2, 0.25) is 11.9 Å². The standard InChI is InChI=1S/C33H35ClN6OS/c1-40(2)31-26-10-6-7-11-27(26)37-33(39-31)36-25-18-16-24(17-19-25)35-29(41)20-28-30(21-12-14-23(34)15-13-21)38-32(42-28)22-8-4-3-5-9-22/h3-15,24-25,32,38H,16-20H2,1-2H3,(H,35,41)(H,36,37,39). The quantitative estimate of drug-likeness (QED) is 0.202. The van der Waals surface area contributed by atoms with Gasteiger partial charge in [0.25, 0.3) is 0 Å². The Morgan fingerprint density at radius 1 is 0.929 bits per heavy atom. The summed E-state index contributed by atoms with van der Waals surface area (Å²) < 4.78 is 0. The van der Waals surface area contributed by atoms with Crippen LogP contribution < -0.4 is 20.9 Å². The number of carbonyl (C=O) groups is 1. The molecule has 1 aromatic heterocycles. The van der Waals surface area contributed by atoms with E-state index in [-0.39, 0.29) is 23.4 Å². The SMILES string of the molecule is CN(C)c1nc(NC2CCC(NC(=O)CC3=C(c4ccc(Cl)cc4)NC(c4ccccc4)S3)CC2)nc2ccccc12. The highest BCUT2D eigenvalue weighted by Crippen LogP contribution is 2.45. The van der Waals surface area contributed by atoms with E-state index < -0.39 is 0 Å². The Hall–Kier alpha value is -3.75. The van der Waals surface area contributed by atoms with E-state index in [0.29, 0.717) is 17.4 Å². The van der Waals surface area contributed by atoms with E-state index in [2.05, 4.69) is 34.1 Å². The van der Waals surface area contributed by atoms with Gasteiger partial charge >= 0.3 is 0 Å². The van der Waals surface area contributed by atoms with Crippen LogP contribution >= 0.6 is 23.4 Å². The number of para-hydroxylation sites is 1. The van der Waals surface area contributed by atoms with Gasteiger partial charge in [0.1, 0.15) is 11.2 Å². The van der Waals surface area contributed by atoms with Crippen molar-refractivity contribution in [2.24, 2.45) is 0 Å². The monoisotopic (exact) mass is 598 g/mol. The molecule has 3 aromatic carbocycles. The lowest BCUT2D eigenvalue weighted by Gasteiger charge is -2.30. The van der Waals surface area contributed by atoms with Crippen LogP contribution in [0.4, 0.5) is 11.8 Å². The van der Waals surface area contributed by atoms with Crippen molar-refractivity contribution in [3.63, 3.8) is 0 Å². The number of anilines is 2. The van der Waals surface area contributed by atoms with Crippen LogP contribution in [0.5, 0.6) is 0 Å². The van der Waals surface area contributed by atoms with Crippen molar-refractivity contribution >= 4 is 57.6 Å². The number of amides is 1. The molecule has 216 valence electrons. The molecule has 1 saturated carbocycles. The molecular formula is C33H35ClN6OS. The molecule has 1 unspecified atom stereocenters. The van der Waals surface area contributed by atoms with Gasteiger partial charge in [-0.1, -0.05) is 78.0 Å². The highest BCUT2D eigenvalue weighted by Gasteiger charge is 2.29. The van der Waals surface area contributed by atoms with Gasteiger partial charge in [-0.2, -0.15) is 4.98 Å². The number of nitrogens with zero attached hydrogens (tertiary/aromatic N) is 3. The molecule has 0 radical (unpaired) electrons. The van der Waals surface area contributed by atoms with Gasteiger partial charge in [0.05, 0.1) is 17.6 Å². The van der Waals surface area contributed by atoms with Crippen LogP contribution in [0.15, 0.2) is 83.8 Å². The Morgan fingerprint density at radius 2 is 1.62 bits per heavy atom. The topological polar surface area (TPSA) is 82.2 Å². The minimum atomic E-state index is 0.0596. The number of halogens is 1. The average molecular weight is 599 g/mol. The summed E-state index contributed by atoms with van der Waals surface area (Å²) in [6.07, 6.45) is 4.07. The fraction of sp³-hybridized carbons (Fsp3) is 0.303. The summed E-state index contributed by atoms with van der Waals surface area (Å²) in [5.41, 5.74) is 4.15. The smallest absolute Gasteiger partial charge is 0.225 e. The van der Waals surface area contributed by atoms with E-state index >= 15 is 0 Å². The van der Waals surface area contributed by atoms with Gasteiger partial charge in [-0.05, 0) is 61.1 Å². The summed E-state index contributed by atoms with van der Waals surface area (Å²) in [6.45, 7) is 0.